The van der Waals surface area contributed by atoms with E-state index >= 15 is 0 Å². The summed E-state index contributed by atoms with van der Waals surface area (Å²) in [7, 11) is 3.87. The number of benzene rings is 1. The van der Waals surface area contributed by atoms with Gasteiger partial charge in [-0.1, -0.05) is 19.1 Å². The molecule has 13 heteroatoms. The molecule has 1 saturated heterocycles. The van der Waals surface area contributed by atoms with Crippen molar-refractivity contribution in [2.45, 2.75) is 52.2 Å². The number of likely N-dealkylation sites (tertiary alicyclic amines) is 1. The van der Waals surface area contributed by atoms with Crippen molar-refractivity contribution in [1.29, 1.82) is 0 Å². The number of carbonyl (C=O) groups is 3. The fraction of sp³-hybridized carbons (Fsp3) is 0.406. The molecule has 2 fully saturated rings. The fourth-order valence-corrected chi connectivity index (χ4v) is 6.38. The third kappa shape index (κ3) is 6.19. The molecule has 1 aliphatic heterocycles. The van der Waals surface area contributed by atoms with Gasteiger partial charge in [-0.15, -0.1) is 0 Å². The number of likely N-dealkylation sites (N-methyl/N-ethyl adjacent to an activating group) is 1. The van der Waals surface area contributed by atoms with E-state index in [4.69, 9.17) is 0 Å². The van der Waals surface area contributed by atoms with Crippen molar-refractivity contribution in [2.24, 2.45) is 5.41 Å². The molecular formula is C32H36BrN9O3. The number of aromatic nitrogens is 5. The number of aryl methyl sites for hydroxylation is 2. The smallest absolute Gasteiger partial charge is 0.272 e. The monoisotopic (exact) mass is 673 g/mol. The molecule has 1 saturated carbocycles. The van der Waals surface area contributed by atoms with Crippen LogP contribution in [0.2, 0.25) is 0 Å². The van der Waals surface area contributed by atoms with E-state index in [1.165, 1.54) is 0 Å². The maximum absolute atomic E-state index is 14.0. The van der Waals surface area contributed by atoms with Gasteiger partial charge in [0.05, 0.1) is 5.52 Å². The van der Waals surface area contributed by atoms with Crippen molar-refractivity contribution in [3.63, 3.8) is 0 Å². The Kier molecular flexibility index (Phi) is 8.16. The number of fused-ring (bicyclic) bond motifs is 2. The van der Waals surface area contributed by atoms with Crippen LogP contribution >= 0.6 is 15.9 Å². The molecule has 0 unspecified atom stereocenters. The van der Waals surface area contributed by atoms with Gasteiger partial charge in [0.15, 0.2) is 5.69 Å². The van der Waals surface area contributed by atoms with Gasteiger partial charge in [0, 0.05) is 42.5 Å². The van der Waals surface area contributed by atoms with E-state index in [-0.39, 0.29) is 41.4 Å². The minimum atomic E-state index is -0.634. The van der Waals surface area contributed by atoms with Crippen molar-refractivity contribution in [1.82, 2.24) is 39.8 Å². The van der Waals surface area contributed by atoms with Crippen LogP contribution in [0.3, 0.4) is 0 Å². The summed E-state index contributed by atoms with van der Waals surface area (Å²) in [5, 5.41) is 11.2. The minimum Gasteiger partial charge on any atom is -0.349 e. The normalized spacial score (nSPS) is 20.4. The number of piperidine rings is 1. The van der Waals surface area contributed by atoms with E-state index in [0.29, 0.717) is 46.7 Å². The van der Waals surface area contributed by atoms with Gasteiger partial charge in [-0.05, 0) is 91.5 Å². The molecule has 45 heavy (non-hydrogen) atoms. The van der Waals surface area contributed by atoms with Crippen LogP contribution in [-0.4, -0.2) is 91.5 Å². The van der Waals surface area contributed by atoms with Gasteiger partial charge in [-0.3, -0.25) is 19.1 Å². The van der Waals surface area contributed by atoms with Crippen molar-refractivity contribution in [3.8, 4) is 11.1 Å². The highest BCUT2D eigenvalue weighted by Crippen LogP contribution is 2.59. The van der Waals surface area contributed by atoms with Crippen molar-refractivity contribution >= 4 is 50.4 Å². The molecule has 3 aromatic heterocycles. The lowest BCUT2D eigenvalue weighted by Crippen LogP contribution is -2.47. The number of carbonyl (C=O) groups excluding carboxylic acids is 3. The highest BCUT2D eigenvalue weighted by molar-refractivity contribution is 9.10. The Balaban J connectivity index is 1.30. The summed E-state index contributed by atoms with van der Waals surface area (Å²) in [6, 6.07) is 8.68. The summed E-state index contributed by atoms with van der Waals surface area (Å²) in [6.45, 7) is 6.81. The number of hydrogen-bond donors (Lipinski definition) is 2. The molecule has 12 nitrogen and oxygen atoms in total. The van der Waals surface area contributed by atoms with Crippen LogP contribution in [0.25, 0.3) is 22.0 Å². The summed E-state index contributed by atoms with van der Waals surface area (Å²) >= 11 is 3.37. The van der Waals surface area contributed by atoms with Gasteiger partial charge >= 0.3 is 0 Å². The molecule has 1 aliphatic carbocycles. The summed E-state index contributed by atoms with van der Waals surface area (Å²) in [6.07, 6.45) is 4.90. The molecular weight excluding hydrogens is 638 g/mol. The molecule has 1 aromatic carbocycles. The van der Waals surface area contributed by atoms with E-state index in [0.717, 1.165) is 23.1 Å². The molecule has 0 bridgehead atoms. The summed E-state index contributed by atoms with van der Waals surface area (Å²) in [5.41, 5.74) is 3.23. The Labute approximate surface area is 269 Å². The number of rotatable bonds is 9. The lowest BCUT2D eigenvalue weighted by Gasteiger charge is -2.27. The van der Waals surface area contributed by atoms with E-state index in [1.807, 2.05) is 63.2 Å². The maximum atomic E-state index is 14.0. The average molecular weight is 675 g/mol. The van der Waals surface area contributed by atoms with Gasteiger partial charge in [0.1, 0.15) is 28.8 Å². The number of amides is 3. The molecule has 4 aromatic rings. The van der Waals surface area contributed by atoms with E-state index in [2.05, 4.69) is 53.5 Å². The number of halogens is 1. The predicted octanol–water partition coefficient (Wildman–Crippen LogP) is 3.58. The first-order valence-corrected chi connectivity index (χ1v) is 15.7. The zero-order valence-corrected chi connectivity index (χ0v) is 27.6. The topological polar surface area (TPSA) is 138 Å². The summed E-state index contributed by atoms with van der Waals surface area (Å²) < 4.78 is 2.18. The number of anilines is 1. The highest BCUT2D eigenvalue weighted by atomic mass is 79.9. The number of hydrogen-bond acceptors (Lipinski definition) is 8. The molecule has 4 heterocycles. The number of nitrogens with one attached hydrogen (secondary N) is 2. The van der Waals surface area contributed by atoms with Crippen molar-refractivity contribution in [3.05, 3.63) is 64.4 Å². The van der Waals surface area contributed by atoms with Crippen molar-refractivity contribution in [2.75, 3.05) is 32.5 Å². The third-order valence-electron chi connectivity index (χ3n) is 8.74. The first-order valence-electron chi connectivity index (χ1n) is 14.9. The van der Waals surface area contributed by atoms with E-state index < -0.39 is 6.04 Å². The summed E-state index contributed by atoms with van der Waals surface area (Å²) in [4.78, 5) is 57.6. The van der Waals surface area contributed by atoms with Gasteiger partial charge in [0.25, 0.3) is 5.91 Å². The zero-order chi connectivity index (χ0) is 32.0. The van der Waals surface area contributed by atoms with Gasteiger partial charge in [-0.2, -0.15) is 5.10 Å². The molecule has 6 rings (SSSR count). The molecule has 3 atom stereocenters. The fourth-order valence-electron chi connectivity index (χ4n) is 6.07. The quantitative estimate of drug-likeness (QED) is 0.257. The second-order valence-corrected chi connectivity index (χ2v) is 13.3. The van der Waals surface area contributed by atoms with E-state index in [9.17, 15) is 14.4 Å². The zero-order valence-electron chi connectivity index (χ0n) is 26.0. The van der Waals surface area contributed by atoms with Crippen LogP contribution in [0.4, 0.5) is 5.82 Å². The second kappa shape index (κ2) is 11.9. The molecule has 2 N–H and O–H groups in total. The van der Waals surface area contributed by atoms with Crippen LogP contribution in [0, 0.1) is 19.3 Å². The lowest BCUT2D eigenvalue weighted by atomic mass is 10.0. The molecule has 2 aliphatic rings. The van der Waals surface area contributed by atoms with Crippen LogP contribution in [-0.2, 0) is 16.1 Å². The molecule has 234 valence electrons. The number of nitrogens with zero attached hydrogens (tertiary/aromatic N) is 7. The van der Waals surface area contributed by atoms with Gasteiger partial charge in [0.2, 0.25) is 11.8 Å². The second-order valence-electron chi connectivity index (χ2n) is 12.5. The van der Waals surface area contributed by atoms with Gasteiger partial charge in [-0.25, -0.2) is 15.0 Å². The SMILES string of the molecule is Cc1ncc(-c2ccc3c(c2)c(C(=O)NCCN(C)C)nn3CC(=O)N2[C@H](C(=O)Nc3nc(Br)ccc3C)C[C@@]3(C)C[C@@H]23)cn1. The standard InChI is InChI=1S/C32H36BrN9O3/c1-18-6-9-26(33)37-29(18)38-30(44)24-13-32(3)14-25(32)42(24)27(43)17-41-23-8-7-20(21-15-35-19(2)36-16-21)12-22(23)28(39-41)31(45)34-10-11-40(4)5/h6-9,12,15-16,24-25H,10-11,13-14,17H2,1-5H3,(H,34,45)(H,37,38,44)/t24-,25+,32-/m0/s1. The lowest BCUT2D eigenvalue weighted by molar-refractivity contribution is -0.138. The minimum absolute atomic E-state index is 0.0268. The van der Waals surface area contributed by atoms with E-state index in [1.54, 1.807) is 22.0 Å². The first kappa shape index (κ1) is 30.8. The van der Waals surface area contributed by atoms with Crippen LogP contribution in [0.15, 0.2) is 47.3 Å². The van der Waals surface area contributed by atoms with Crippen LogP contribution in [0.1, 0.15) is 41.6 Å². The van der Waals surface area contributed by atoms with Crippen LogP contribution < -0.4 is 10.6 Å². The summed E-state index contributed by atoms with van der Waals surface area (Å²) in [5.74, 6) is 0.318. The molecule has 3 amide bonds. The highest BCUT2D eigenvalue weighted by Gasteiger charge is 2.64. The first-order chi connectivity index (χ1) is 21.4. The molecule has 0 radical (unpaired) electrons. The Morgan fingerprint density at radius 1 is 1.07 bits per heavy atom. The largest absolute Gasteiger partial charge is 0.349 e. The predicted molar refractivity (Wildman–Crippen MR) is 173 cm³/mol. The Morgan fingerprint density at radius 3 is 2.56 bits per heavy atom. The Hall–Kier alpha value is -4.23. The Morgan fingerprint density at radius 2 is 1.82 bits per heavy atom. The molecule has 0 spiro atoms. The number of pyridine rings is 1. The van der Waals surface area contributed by atoms with Gasteiger partial charge < -0.3 is 20.4 Å². The maximum Gasteiger partial charge on any atom is 0.272 e. The Bertz CT molecular complexity index is 1810. The third-order valence-corrected chi connectivity index (χ3v) is 9.18. The van der Waals surface area contributed by atoms with Crippen LogP contribution in [0.5, 0.6) is 0 Å². The van der Waals surface area contributed by atoms with Crippen molar-refractivity contribution < 1.29 is 14.4 Å². The average Bonchev–Trinajstić information content (AvgIpc) is 3.36.